The average molecular weight is 344 g/mol. The SMILES string of the molecule is C[C@]12CCC3C(CC[C@H]4Cc5[nH]ncc5C[C@]34C)C1C[C@H](O)[C@]2(C)O. The molecule has 0 aromatic carbocycles. The number of aliphatic hydroxyl groups is 2. The van der Waals surface area contributed by atoms with Crippen LogP contribution in [0.5, 0.6) is 0 Å². The Hall–Kier alpha value is -0.870. The van der Waals surface area contributed by atoms with E-state index in [0.29, 0.717) is 23.2 Å². The molecule has 3 saturated carbocycles. The van der Waals surface area contributed by atoms with Gasteiger partial charge < -0.3 is 10.2 Å². The van der Waals surface area contributed by atoms with Crippen LogP contribution in [0.4, 0.5) is 0 Å². The number of rotatable bonds is 0. The molecule has 4 nitrogen and oxygen atoms in total. The first-order valence-electron chi connectivity index (χ1n) is 10.2. The third-order valence-corrected chi connectivity index (χ3v) is 9.57. The van der Waals surface area contributed by atoms with Gasteiger partial charge in [0.1, 0.15) is 0 Å². The molecule has 1 aromatic heterocycles. The van der Waals surface area contributed by atoms with E-state index in [1.54, 1.807) is 0 Å². The number of nitrogens with zero attached hydrogens (tertiary/aromatic N) is 1. The van der Waals surface area contributed by atoms with E-state index in [9.17, 15) is 10.2 Å². The van der Waals surface area contributed by atoms with E-state index < -0.39 is 11.7 Å². The first-order valence-corrected chi connectivity index (χ1v) is 10.2. The lowest BCUT2D eigenvalue weighted by molar-refractivity contribution is -0.155. The zero-order valence-electron chi connectivity index (χ0n) is 15.8. The summed E-state index contributed by atoms with van der Waals surface area (Å²) < 4.78 is 0. The van der Waals surface area contributed by atoms with Crippen LogP contribution in [0, 0.1) is 34.5 Å². The van der Waals surface area contributed by atoms with E-state index >= 15 is 0 Å². The molecule has 0 spiro atoms. The van der Waals surface area contributed by atoms with E-state index in [-0.39, 0.29) is 5.41 Å². The lowest BCUT2D eigenvalue weighted by Gasteiger charge is -2.60. The minimum atomic E-state index is -0.940. The minimum absolute atomic E-state index is 0.133. The summed E-state index contributed by atoms with van der Waals surface area (Å²) >= 11 is 0. The number of fused-ring (bicyclic) bond motifs is 6. The quantitative estimate of drug-likeness (QED) is 0.677. The fourth-order valence-corrected chi connectivity index (χ4v) is 7.70. The molecule has 4 aliphatic carbocycles. The maximum absolute atomic E-state index is 11.0. The molecule has 1 aromatic rings. The summed E-state index contributed by atoms with van der Waals surface area (Å²) in [6.07, 6.45) is 9.32. The summed E-state index contributed by atoms with van der Waals surface area (Å²) in [7, 11) is 0. The largest absolute Gasteiger partial charge is 0.390 e. The number of aromatic nitrogens is 2. The summed E-state index contributed by atoms with van der Waals surface area (Å²) in [6, 6.07) is 0. The predicted molar refractivity (Wildman–Crippen MR) is 95.9 cm³/mol. The molecular formula is C21H32N2O2. The van der Waals surface area contributed by atoms with Crippen molar-refractivity contribution in [1.29, 1.82) is 0 Å². The molecule has 0 amide bonds. The molecule has 0 saturated heterocycles. The van der Waals surface area contributed by atoms with E-state index in [0.717, 1.165) is 31.6 Å². The van der Waals surface area contributed by atoms with Crippen molar-refractivity contribution in [3.05, 3.63) is 17.5 Å². The third-order valence-electron chi connectivity index (χ3n) is 9.57. The Bertz CT molecular complexity index is 698. The van der Waals surface area contributed by atoms with Gasteiger partial charge in [-0.05, 0) is 86.5 Å². The van der Waals surface area contributed by atoms with Gasteiger partial charge in [0.2, 0.25) is 0 Å². The maximum atomic E-state index is 11.0. The van der Waals surface area contributed by atoms with Crippen molar-refractivity contribution >= 4 is 0 Å². The van der Waals surface area contributed by atoms with Gasteiger partial charge >= 0.3 is 0 Å². The molecule has 0 bridgehead atoms. The van der Waals surface area contributed by atoms with Gasteiger partial charge in [0.25, 0.3) is 0 Å². The second-order valence-corrected chi connectivity index (χ2v) is 10.3. The van der Waals surface area contributed by atoms with Gasteiger partial charge in [0.05, 0.1) is 17.9 Å². The van der Waals surface area contributed by atoms with Crippen molar-refractivity contribution in [2.24, 2.45) is 34.5 Å². The summed E-state index contributed by atoms with van der Waals surface area (Å²) in [6.45, 7) is 6.65. The van der Waals surface area contributed by atoms with E-state index in [1.165, 1.54) is 30.5 Å². The van der Waals surface area contributed by atoms with E-state index in [1.807, 2.05) is 13.1 Å². The van der Waals surface area contributed by atoms with Crippen LogP contribution >= 0.6 is 0 Å². The highest BCUT2D eigenvalue weighted by Crippen LogP contribution is 2.67. The van der Waals surface area contributed by atoms with Crippen molar-refractivity contribution in [3.63, 3.8) is 0 Å². The number of hydrogen-bond acceptors (Lipinski definition) is 3. The summed E-state index contributed by atoms with van der Waals surface area (Å²) in [5, 5.41) is 29.1. The molecule has 138 valence electrons. The van der Waals surface area contributed by atoms with Gasteiger partial charge in [-0.1, -0.05) is 13.8 Å². The van der Waals surface area contributed by atoms with Crippen LogP contribution in [0.1, 0.15) is 64.1 Å². The minimum Gasteiger partial charge on any atom is -0.390 e. The molecular weight excluding hydrogens is 312 g/mol. The van der Waals surface area contributed by atoms with E-state index in [4.69, 9.17) is 0 Å². The topological polar surface area (TPSA) is 69.1 Å². The molecule has 3 unspecified atom stereocenters. The average Bonchev–Trinajstić information content (AvgIpc) is 3.07. The van der Waals surface area contributed by atoms with E-state index in [2.05, 4.69) is 24.0 Å². The molecule has 4 heteroatoms. The molecule has 0 radical (unpaired) electrons. The summed E-state index contributed by atoms with van der Waals surface area (Å²) in [5.41, 5.74) is 2.06. The Labute approximate surface area is 150 Å². The first kappa shape index (κ1) is 16.3. The van der Waals surface area contributed by atoms with Crippen molar-refractivity contribution in [2.75, 3.05) is 0 Å². The number of hydrogen-bond donors (Lipinski definition) is 3. The number of aliphatic hydroxyl groups excluding tert-OH is 1. The van der Waals surface area contributed by atoms with Crippen LogP contribution in [0.15, 0.2) is 6.20 Å². The van der Waals surface area contributed by atoms with Crippen molar-refractivity contribution in [2.45, 2.75) is 77.4 Å². The second-order valence-electron chi connectivity index (χ2n) is 10.3. The monoisotopic (exact) mass is 344 g/mol. The van der Waals surface area contributed by atoms with Crippen molar-refractivity contribution in [1.82, 2.24) is 10.2 Å². The normalized spacial score (nSPS) is 54.4. The van der Waals surface area contributed by atoms with Gasteiger partial charge in [-0.15, -0.1) is 0 Å². The molecule has 1 heterocycles. The molecule has 8 atom stereocenters. The van der Waals surface area contributed by atoms with Gasteiger partial charge in [0, 0.05) is 11.1 Å². The highest BCUT2D eigenvalue weighted by molar-refractivity contribution is 5.26. The predicted octanol–water partition coefficient (Wildman–Crippen LogP) is 3.09. The van der Waals surface area contributed by atoms with Crippen LogP contribution in [-0.2, 0) is 12.8 Å². The van der Waals surface area contributed by atoms with Gasteiger partial charge in [0.15, 0.2) is 0 Å². The maximum Gasteiger partial charge on any atom is 0.0933 e. The summed E-state index contributed by atoms with van der Waals surface area (Å²) in [5.74, 6) is 2.57. The fraction of sp³-hybridized carbons (Fsp3) is 0.857. The van der Waals surface area contributed by atoms with Crippen LogP contribution < -0.4 is 0 Å². The standard InChI is InChI=1S/C21H32N2O2/c1-19-10-12-11-22-23-17(12)8-13(19)4-5-14-15(19)6-7-20(2)16(14)9-18(24)21(20,3)25/h11,13-16,18,24-25H,4-10H2,1-3H3,(H,22,23)/t13-,14?,15?,16?,18-,19-,20-,21-/m0/s1. The number of aromatic amines is 1. The molecule has 3 N–H and O–H groups in total. The van der Waals surface area contributed by atoms with Crippen LogP contribution in [-0.4, -0.2) is 32.1 Å². The Kier molecular flexibility index (Phi) is 3.19. The lowest BCUT2D eigenvalue weighted by Crippen LogP contribution is -2.57. The molecule has 5 rings (SSSR count). The zero-order valence-corrected chi connectivity index (χ0v) is 15.8. The van der Waals surface area contributed by atoms with Gasteiger partial charge in [-0.2, -0.15) is 5.10 Å². The molecule has 0 aliphatic heterocycles. The lowest BCUT2D eigenvalue weighted by atomic mass is 9.44. The Morgan fingerprint density at radius 3 is 2.76 bits per heavy atom. The zero-order chi connectivity index (χ0) is 17.6. The number of nitrogens with one attached hydrogen (secondary N) is 1. The second kappa shape index (κ2) is 4.89. The Morgan fingerprint density at radius 1 is 1.16 bits per heavy atom. The smallest absolute Gasteiger partial charge is 0.0933 e. The summed E-state index contributed by atoms with van der Waals surface area (Å²) in [4.78, 5) is 0. The first-order chi connectivity index (χ1) is 11.8. The number of H-pyrrole nitrogens is 1. The van der Waals surface area contributed by atoms with Crippen molar-refractivity contribution in [3.8, 4) is 0 Å². The van der Waals surface area contributed by atoms with Crippen LogP contribution in [0.25, 0.3) is 0 Å². The van der Waals surface area contributed by atoms with Crippen LogP contribution in [0.3, 0.4) is 0 Å². The van der Waals surface area contributed by atoms with Crippen molar-refractivity contribution < 1.29 is 10.2 Å². The fourth-order valence-electron chi connectivity index (χ4n) is 7.70. The molecule has 3 fully saturated rings. The highest BCUT2D eigenvalue weighted by atomic mass is 16.3. The third kappa shape index (κ3) is 1.88. The highest BCUT2D eigenvalue weighted by Gasteiger charge is 2.66. The van der Waals surface area contributed by atoms with Gasteiger partial charge in [-0.3, -0.25) is 5.10 Å². The van der Waals surface area contributed by atoms with Crippen LogP contribution in [0.2, 0.25) is 0 Å². The van der Waals surface area contributed by atoms with Gasteiger partial charge in [-0.25, -0.2) is 0 Å². The Morgan fingerprint density at radius 2 is 1.96 bits per heavy atom. The molecule has 25 heavy (non-hydrogen) atoms. The molecule has 4 aliphatic rings. The Balaban J connectivity index is 1.51.